The predicted molar refractivity (Wildman–Crippen MR) is 77.2 cm³/mol. The molecule has 110 valence electrons. The first-order valence-corrected chi connectivity index (χ1v) is 8.12. The molecule has 0 amide bonds. The molecule has 7 heteroatoms. The summed E-state index contributed by atoms with van der Waals surface area (Å²) in [7, 11) is -3.48. The lowest BCUT2D eigenvalue weighted by Crippen LogP contribution is -2.37. The van der Waals surface area contributed by atoms with Crippen LogP contribution in [-0.4, -0.2) is 31.8 Å². The summed E-state index contributed by atoms with van der Waals surface area (Å²) >= 11 is 0. The van der Waals surface area contributed by atoms with Crippen molar-refractivity contribution in [1.29, 1.82) is 0 Å². The topological polar surface area (TPSA) is 101 Å². The molecule has 0 spiro atoms. The molecule has 0 aliphatic carbocycles. The molecule has 1 aliphatic rings. The maximum absolute atomic E-state index is 12.3. The van der Waals surface area contributed by atoms with Crippen LogP contribution < -0.4 is 10.0 Å². The number of nitrogen functional groups attached to an aromatic ring is 1. The number of nitrogens with two attached hydrogens (primary N) is 1. The Morgan fingerprint density at radius 1 is 1.40 bits per heavy atom. The van der Waals surface area contributed by atoms with Gasteiger partial charge >= 0.3 is 5.97 Å². The van der Waals surface area contributed by atoms with Gasteiger partial charge in [-0.15, -0.1) is 0 Å². The number of carboxylic acids is 1. The van der Waals surface area contributed by atoms with Gasteiger partial charge in [0.05, 0.1) is 11.4 Å². The molecule has 0 radical (unpaired) electrons. The molecule has 0 saturated carbocycles. The minimum atomic E-state index is -3.48. The van der Waals surface area contributed by atoms with Crippen LogP contribution in [0.25, 0.3) is 0 Å². The van der Waals surface area contributed by atoms with Crippen molar-refractivity contribution in [1.82, 2.24) is 0 Å². The zero-order valence-electron chi connectivity index (χ0n) is 11.1. The highest BCUT2D eigenvalue weighted by molar-refractivity contribution is 7.92. The Morgan fingerprint density at radius 2 is 2.15 bits per heavy atom. The van der Waals surface area contributed by atoms with E-state index in [-0.39, 0.29) is 18.6 Å². The van der Waals surface area contributed by atoms with Crippen molar-refractivity contribution in [3.05, 3.63) is 23.8 Å². The number of aryl methyl sites for hydroxylation is 1. The molecule has 0 bridgehead atoms. The number of nitrogens with zero attached hydrogens (tertiary/aromatic N) is 1. The Bertz CT molecular complexity index is 613. The number of hydrogen-bond donors (Lipinski definition) is 2. The van der Waals surface area contributed by atoms with Crippen LogP contribution in [0.5, 0.6) is 0 Å². The number of fused-ring (bicyclic) bond motifs is 1. The zero-order chi connectivity index (χ0) is 14.8. The summed E-state index contributed by atoms with van der Waals surface area (Å²) in [5.41, 5.74) is 7.93. The average molecular weight is 298 g/mol. The number of sulfonamides is 1. The lowest BCUT2D eigenvalue weighted by atomic mass is 10.0. The molecular weight excluding hydrogens is 280 g/mol. The Morgan fingerprint density at radius 3 is 2.85 bits per heavy atom. The van der Waals surface area contributed by atoms with E-state index in [1.54, 1.807) is 18.2 Å². The first kappa shape index (κ1) is 14.6. The quantitative estimate of drug-likeness (QED) is 0.796. The van der Waals surface area contributed by atoms with E-state index in [1.165, 1.54) is 4.31 Å². The lowest BCUT2D eigenvalue weighted by Gasteiger charge is -2.30. The summed E-state index contributed by atoms with van der Waals surface area (Å²) in [4.78, 5) is 10.5. The fourth-order valence-electron chi connectivity index (χ4n) is 2.39. The first-order valence-electron chi connectivity index (χ1n) is 6.51. The van der Waals surface area contributed by atoms with Crippen LogP contribution in [-0.2, 0) is 21.2 Å². The van der Waals surface area contributed by atoms with Crippen molar-refractivity contribution in [2.45, 2.75) is 25.7 Å². The van der Waals surface area contributed by atoms with E-state index in [0.29, 0.717) is 17.9 Å². The van der Waals surface area contributed by atoms with E-state index >= 15 is 0 Å². The number of carboxylic acid groups (broad SMARTS) is 1. The zero-order valence-corrected chi connectivity index (χ0v) is 11.9. The van der Waals surface area contributed by atoms with Gasteiger partial charge in [-0.05, 0) is 43.0 Å². The van der Waals surface area contributed by atoms with Gasteiger partial charge < -0.3 is 10.8 Å². The Hall–Kier alpha value is -1.76. The standard InChI is InChI=1S/C13H18N2O4S/c14-11-5-6-12-10(9-11)3-1-7-15(12)20(18,19)8-2-4-13(16)17/h5-6,9H,1-4,7-8,14H2,(H,16,17). The molecular formula is C13H18N2O4S. The van der Waals surface area contributed by atoms with Gasteiger partial charge in [-0.1, -0.05) is 0 Å². The van der Waals surface area contributed by atoms with E-state index in [4.69, 9.17) is 10.8 Å². The summed E-state index contributed by atoms with van der Waals surface area (Å²) in [6, 6.07) is 5.21. The number of hydrogen-bond acceptors (Lipinski definition) is 4. The van der Waals surface area contributed by atoms with Gasteiger partial charge in [0, 0.05) is 18.7 Å². The second-order valence-corrected chi connectivity index (χ2v) is 6.89. The highest BCUT2D eigenvalue weighted by Crippen LogP contribution is 2.31. The van der Waals surface area contributed by atoms with E-state index in [0.717, 1.165) is 18.4 Å². The van der Waals surface area contributed by atoms with Crippen LogP contribution in [0.15, 0.2) is 18.2 Å². The Labute approximate surface area is 118 Å². The van der Waals surface area contributed by atoms with Crippen LogP contribution in [0.2, 0.25) is 0 Å². The molecule has 1 aromatic rings. The van der Waals surface area contributed by atoms with Crippen LogP contribution in [0.3, 0.4) is 0 Å². The number of carbonyl (C=O) groups is 1. The highest BCUT2D eigenvalue weighted by Gasteiger charge is 2.27. The smallest absolute Gasteiger partial charge is 0.303 e. The van der Waals surface area contributed by atoms with Crippen molar-refractivity contribution in [2.24, 2.45) is 0 Å². The minimum absolute atomic E-state index is 0.123. The molecule has 3 N–H and O–H groups in total. The third kappa shape index (κ3) is 3.22. The molecule has 0 aromatic heterocycles. The van der Waals surface area contributed by atoms with Crippen molar-refractivity contribution < 1.29 is 18.3 Å². The number of aliphatic carboxylic acids is 1. The second-order valence-electron chi connectivity index (χ2n) is 4.88. The normalized spacial score (nSPS) is 14.9. The van der Waals surface area contributed by atoms with E-state index in [9.17, 15) is 13.2 Å². The van der Waals surface area contributed by atoms with Gasteiger partial charge in [-0.2, -0.15) is 0 Å². The van der Waals surface area contributed by atoms with Gasteiger partial charge in [0.25, 0.3) is 0 Å². The second kappa shape index (κ2) is 5.70. The van der Waals surface area contributed by atoms with E-state index in [2.05, 4.69) is 0 Å². The molecule has 1 heterocycles. The number of anilines is 2. The predicted octanol–water partition coefficient (Wildman–Crippen LogP) is 1.22. The van der Waals surface area contributed by atoms with Gasteiger partial charge in [-0.25, -0.2) is 8.42 Å². The van der Waals surface area contributed by atoms with Gasteiger partial charge in [0.1, 0.15) is 0 Å². The molecule has 0 unspecified atom stereocenters. The molecule has 6 nitrogen and oxygen atoms in total. The van der Waals surface area contributed by atoms with E-state index in [1.807, 2.05) is 0 Å². The Kier molecular flexibility index (Phi) is 4.17. The maximum atomic E-state index is 12.3. The lowest BCUT2D eigenvalue weighted by molar-refractivity contribution is -0.137. The van der Waals surface area contributed by atoms with Crippen LogP contribution >= 0.6 is 0 Å². The van der Waals surface area contributed by atoms with Crippen molar-refractivity contribution in [3.8, 4) is 0 Å². The highest BCUT2D eigenvalue weighted by atomic mass is 32.2. The largest absolute Gasteiger partial charge is 0.481 e. The first-order chi connectivity index (χ1) is 9.40. The number of rotatable bonds is 5. The summed E-state index contributed by atoms with van der Waals surface area (Å²) in [6.07, 6.45) is 1.54. The molecule has 1 aromatic carbocycles. The SMILES string of the molecule is Nc1ccc2c(c1)CCCN2S(=O)(=O)CCCC(=O)O. The van der Waals surface area contributed by atoms with Crippen LogP contribution in [0.4, 0.5) is 11.4 Å². The molecule has 0 atom stereocenters. The van der Waals surface area contributed by atoms with Crippen LogP contribution in [0.1, 0.15) is 24.8 Å². The monoisotopic (exact) mass is 298 g/mol. The van der Waals surface area contributed by atoms with Crippen molar-refractivity contribution >= 4 is 27.4 Å². The summed E-state index contributed by atoms with van der Waals surface area (Å²) < 4.78 is 26.0. The van der Waals surface area contributed by atoms with Gasteiger partial charge in [0.15, 0.2) is 0 Å². The summed E-state index contributed by atoms with van der Waals surface area (Å²) in [6.45, 7) is 0.437. The number of benzene rings is 1. The minimum Gasteiger partial charge on any atom is -0.481 e. The molecule has 0 saturated heterocycles. The molecule has 2 rings (SSSR count). The third-order valence-corrected chi connectivity index (χ3v) is 5.16. The molecule has 20 heavy (non-hydrogen) atoms. The average Bonchev–Trinajstić information content (AvgIpc) is 2.36. The van der Waals surface area contributed by atoms with Crippen LogP contribution in [0, 0.1) is 0 Å². The summed E-state index contributed by atoms with van der Waals surface area (Å²) in [5, 5.41) is 8.59. The van der Waals surface area contributed by atoms with Crippen molar-refractivity contribution in [3.63, 3.8) is 0 Å². The van der Waals surface area contributed by atoms with Crippen molar-refractivity contribution in [2.75, 3.05) is 22.3 Å². The van der Waals surface area contributed by atoms with E-state index < -0.39 is 16.0 Å². The van der Waals surface area contributed by atoms with Gasteiger partial charge in [-0.3, -0.25) is 9.10 Å². The van der Waals surface area contributed by atoms with Gasteiger partial charge in [0.2, 0.25) is 10.0 Å². The fraction of sp³-hybridized carbons (Fsp3) is 0.462. The fourth-order valence-corrected chi connectivity index (χ4v) is 4.00. The summed E-state index contributed by atoms with van der Waals surface area (Å²) in [5.74, 6) is -1.13. The maximum Gasteiger partial charge on any atom is 0.303 e. The Balaban J connectivity index is 2.19. The third-order valence-electron chi connectivity index (χ3n) is 3.31. The molecule has 1 aliphatic heterocycles. The molecule has 0 fully saturated rings.